The van der Waals surface area contributed by atoms with Gasteiger partial charge in [0.1, 0.15) is 12.6 Å². The van der Waals surface area contributed by atoms with Crippen molar-refractivity contribution in [2.45, 2.75) is 70.7 Å². The van der Waals surface area contributed by atoms with E-state index in [0.717, 1.165) is 0 Å². The molecule has 7 atom stereocenters. The smallest absolute Gasteiger partial charge is 0.333 e. The van der Waals surface area contributed by atoms with E-state index in [-0.39, 0.29) is 59.5 Å². The number of piperidine rings is 1. The van der Waals surface area contributed by atoms with Crippen molar-refractivity contribution in [3.05, 3.63) is 45.5 Å². The highest BCUT2D eigenvalue weighted by atomic mass is 16.5. The van der Waals surface area contributed by atoms with Crippen LogP contribution < -0.4 is 0 Å². The number of piperazine rings is 1. The lowest BCUT2D eigenvalue weighted by Crippen LogP contribution is -2.76. The maximum Gasteiger partial charge on any atom is 0.333 e. The van der Waals surface area contributed by atoms with Gasteiger partial charge in [-0.3, -0.25) is 29.0 Å². The van der Waals surface area contributed by atoms with Gasteiger partial charge < -0.3 is 14.2 Å². The summed E-state index contributed by atoms with van der Waals surface area (Å²) in [6, 6.07) is -1.06. The van der Waals surface area contributed by atoms with Gasteiger partial charge in [0, 0.05) is 45.9 Å². The molecule has 222 valence electrons. The number of carbonyl (C=O) groups excluding carboxylic acids is 5. The standard InChI is InChI=1S/C31H35N3O8/c1-8-13(2)31(39)42-12-21-22-16(25(35)14(3)29(40-6)27(22)37)10-19-24-23-17(26(36)15(4)30(41-7)28(23)38)9-18(33(24)5)20(11-32)34(19)21/h8,16,18-22,24H,9-10,12H2,1-7H3/b13-8-/t16?,18-,19-,20-,21-,22?,24-/m0/s1. The summed E-state index contributed by atoms with van der Waals surface area (Å²) in [6.45, 7) is 6.17. The molecule has 0 radical (unpaired) electrons. The number of carbonyl (C=O) groups is 5. The van der Waals surface area contributed by atoms with Gasteiger partial charge in [-0.05, 0) is 47.6 Å². The molecule has 3 aliphatic heterocycles. The number of nitrogens with zero attached hydrogens (tertiary/aromatic N) is 3. The molecule has 11 nitrogen and oxygen atoms in total. The van der Waals surface area contributed by atoms with E-state index in [4.69, 9.17) is 14.2 Å². The predicted molar refractivity (Wildman–Crippen MR) is 147 cm³/mol. The Morgan fingerprint density at radius 2 is 1.69 bits per heavy atom. The number of esters is 1. The molecular weight excluding hydrogens is 542 g/mol. The molecule has 0 N–H and O–H groups in total. The predicted octanol–water partition coefficient (Wildman–Crippen LogP) is 1.59. The van der Waals surface area contributed by atoms with Crippen LogP contribution in [-0.4, -0.2) is 97.0 Å². The number of hydrogen-bond acceptors (Lipinski definition) is 11. The number of Topliss-reactive ketones (excluding diaryl/α,β-unsaturated/α-hetero) is 4. The molecule has 0 aromatic carbocycles. The highest BCUT2D eigenvalue weighted by Crippen LogP contribution is 2.50. The van der Waals surface area contributed by atoms with Crippen molar-refractivity contribution in [1.82, 2.24) is 9.80 Å². The van der Waals surface area contributed by atoms with Crippen molar-refractivity contribution in [2.75, 3.05) is 27.9 Å². The number of hydrogen-bond donors (Lipinski definition) is 0. The summed E-state index contributed by atoms with van der Waals surface area (Å²) in [4.78, 5) is 71.5. The third kappa shape index (κ3) is 4.03. The van der Waals surface area contributed by atoms with Gasteiger partial charge in [0.2, 0.25) is 11.6 Å². The van der Waals surface area contributed by atoms with Crippen molar-refractivity contribution in [3.63, 3.8) is 0 Å². The molecule has 3 heterocycles. The highest BCUT2D eigenvalue weighted by molar-refractivity contribution is 6.25. The average Bonchev–Trinajstić information content (AvgIpc) is 2.97. The van der Waals surface area contributed by atoms with Crippen LogP contribution in [0.25, 0.3) is 0 Å². The third-order valence-corrected chi connectivity index (χ3v) is 9.82. The van der Waals surface area contributed by atoms with E-state index < -0.39 is 53.8 Å². The zero-order chi connectivity index (χ0) is 30.8. The molecule has 0 saturated carbocycles. The van der Waals surface area contributed by atoms with Gasteiger partial charge >= 0.3 is 5.97 Å². The van der Waals surface area contributed by atoms with Crippen molar-refractivity contribution < 1.29 is 38.2 Å². The minimum absolute atomic E-state index is 0.0204. The largest absolute Gasteiger partial charge is 0.493 e. The number of methoxy groups -OCH3 is 2. The molecule has 0 amide bonds. The van der Waals surface area contributed by atoms with Gasteiger partial charge in [-0.2, -0.15) is 5.26 Å². The van der Waals surface area contributed by atoms with Crippen LogP contribution in [0.1, 0.15) is 40.5 Å². The van der Waals surface area contributed by atoms with E-state index in [9.17, 15) is 29.2 Å². The van der Waals surface area contributed by atoms with E-state index in [1.165, 1.54) is 14.2 Å². The quantitative estimate of drug-likeness (QED) is 0.267. The van der Waals surface area contributed by atoms with Crippen molar-refractivity contribution in [1.29, 1.82) is 5.26 Å². The van der Waals surface area contributed by atoms with Gasteiger partial charge in [-0.25, -0.2) is 4.79 Å². The lowest BCUT2D eigenvalue weighted by molar-refractivity contribution is -0.162. The maximum absolute atomic E-state index is 13.9. The molecular formula is C31H35N3O8. The zero-order valence-corrected chi connectivity index (χ0v) is 24.8. The van der Waals surface area contributed by atoms with Gasteiger partial charge in [-0.1, -0.05) is 6.08 Å². The molecule has 42 heavy (non-hydrogen) atoms. The lowest BCUT2D eigenvalue weighted by atomic mass is 9.62. The summed E-state index contributed by atoms with van der Waals surface area (Å²) >= 11 is 0. The second-order valence-electron chi connectivity index (χ2n) is 11.6. The van der Waals surface area contributed by atoms with Gasteiger partial charge in [-0.15, -0.1) is 0 Å². The van der Waals surface area contributed by atoms with E-state index in [0.29, 0.717) is 16.7 Å². The lowest BCUT2D eigenvalue weighted by Gasteiger charge is -2.62. The van der Waals surface area contributed by atoms with Crippen LogP contribution in [0, 0.1) is 23.2 Å². The second-order valence-corrected chi connectivity index (χ2v) is 11.6. The van der Waals surface area contributed by atoms with E-state index >= 15 is 0 Å². The van der Waals surface area contributed by atoms with Crippen LogP contribution in [0.4, 0.5) is 0 Å². The Balaban J connectivity index is 1.68. The molecule has 2 aliphatic carbocycles. The summed E-state index contributed by atoms with van der Waals surface area (Å²) < 4.78 is 16.4. The summed E-state index contributed by atoms with van der Waals surface area (Å²) in [5.74, 6) is -3.69. The Morgan fingerprint density at radius 1 is 1.02 bits per heavy atom. The minimum atomic E-state index is -0.931. The Hall–Kier alpha value is -3.88. The number of nitriles is 1. The normalized spacial score (nSPS) is 33.7. The Kier molecular flexibility index (Phi) is 7.58. The monoisotopic (exact) mass is 577 g/mol. The fourth-order valence-corrected chi connectivity index (χ4v) is 7.68. The fourth-order valence-electron chi connectivity index (χ4n) is 7.68. The molecule has 2 fully saturated rings. The molecule has 2 unspecified atom stereocenters. The van der Waals surface area contributed by atoms with Crippen LogP contribution >= 0.6 is 0 Å². The zero-order valence-electron chi connectivity index (χ0n) is 24.8. The van der Waals surface area contributed by atoms with E-state index in [2.05, 4.69) is 6.07 Å². The number of ether oxygens (including phenoxy) is 3. The van der Waals surface area contributed by atoms with Crippen LogP contribution in [0.15, 0.2) is 45.5 Å². The summed E-state index contributed by atoms with van der Waals surface area (Å²) in [7, 11) is 4.50. The first kappa shape index (κ1) is 29.6. The number of likely N-dealkylation sites (N-methyl/N-ethyl adjacent to an activating group) is 1. The van der Waals surface area contributed by atoms with E-state index in [1.54, 1.807) is 33.8 Å². The van der Waals surface area contributed by atoms with E-state index in [1.807, 2.05) is 16.8 Å². The summed E-state index contributed by atoms with van der Waals surface area (Å²) in [5, 5.41) is 10.6. The maximum atomic E-state index is 13.9. The highest BCUT2D eigenvalue weighted by Gasteiger charge is 2.63. The Bertz CT molecular complexity index is 1480. The average molecular weight is 578 g/mol. The van der Waals surface area contributed by atoms with Crippen LogP contribution in [0.5, 0.6) is 0 Å². The topological polar surface area (TPSA) is 143 Å². The first-order chi connectivity index (χ1) is 19.9. The number of fused-ring (bicyclic) bond motifs is 6. The molecule has 2 saturated heterocycles. The molecule has 11 heteroatoms. The second kappa shape index (κ2) is 10.7. The third-order valence-electron chi connectivity index (χ3n) is 9.82. The fraction of sp³-hybridized carbons (Fsp3) is 0.548. The summed E-state index contributed by atoms with van der Waals surface area (Å²) in [5.41, 5.74) is 1.47. The number of ketones is 4. The van der Waals surface area contributed by atoms with Crippen LogP contribution in [0.3, 0.4) is 0 Å². The molecule has 0 spiro atoms. The van der Waals surface area contributed by atoms with Gasteiger partial charge in [0.05, 0.1) is 38.3 Å². The van der Waals surface area contributed by atoms with Crippen molar-refractivity contribution >= 4 is 29.1 Å². The van der Waals surface area contributed by atoms with Crippen molar-refractivity contribution in [3.8, 4) is 6.07 Å². The number of rotatable bonds is 5. The molecule has 5 aliphatic rings. The Morgan fingerprint density at radius 3 is 2.29 bits per heavy atom. The molecule has 0 aromatic rings. The van der Waals surface area contributed by atoms with Gasteiger partial charge in [0.25, 0.3) is 0 Å². The summed E-state index contributed by atoms with van der Waals surface area (Å²) in [6.07, 6.45) is 1.92. The van der Waals surface area contributed by atoms with Crippen LogP contribution in [0.2, 0.25) is 0 Å². The first-order valence-corrected chi connectivity index (χ1v) is 14.0. The van der Waals surface area contributed by atoms with Gasteiger partial charge in [0.15, 0.2) is 23.1 Å². The molecule has 0 aromatic heterocycles. The minimum Gasteiger partial charge on any atom is -0.493 e. The van der Waals surface area contributed by atoms with Crippen LogP contribution in [-0.2, 0) is 38.2 Å². The van der Waals surface area contributed by atoms with Crippen molar-refractivity contribution in [2.24, 2.45) is 11.8 Å². The Labute approximate surface area is 244 Å². The first-order valence-electron chi connectivity index (χ1n) is 14.0. The number of allylic oxidation sites excluding steroid dienone is 5. The SMILES string of the molecule is C/C=C(/C)C(=O)OC[C@H]1C2C(=O)C(OC)=C(C)C(=O)C2C[C@H]2[C@H]3C4=C(C[C@@H]([C@H](C#N)N12)N3C)C(=O)C(C)=C(OC)C4=O. The molecule has 2 bridgehead atoms. The molecule has 5 rings (SSSR count).